The molecule has 0 amide bonds. The van der Waals surface area contributed by atoms with Crippen LogP contribution in [0.5, 0.6) is 0 Å². The van der Waals surface area contributed by atoms with E-state index in [2.05, 4.69) is 61.5 Å². The van der Waals surface area contributed by atoms with Crippen molar-refractivity contribution in [2.75, 3.05) is 0 Å². The lowest BCUT2D eigenvalue weighted by Gasteiger charge is -2.09. The minimum atomic E-state index is 0.605. The van der Waals surface area contributed by atoms with Crippen molar-refractivity contribution in [2.45, 2.75) is 11.7 Å². The van der Waals surface area contributed by atoms with Crippen LogP contribution in [0.3, 0.4) is 0 Å². The SMILES string of the molecule is Brc1cc(Br)cc(C2CC=CS2)c1. The number of thioether (sulfide) groups is 1. The molecule has 13 heavy (non-hydrogen) atoms. The average Bonchev–Trinajstić information content (AvgIpc) is 2.53. The fraction of sp³-hybridized carbons (Fsp3) is 0.200. The Balaban J connectivity index is 2.29. The van der Waals surface area contributed by atoms with E-state index < -0.39 is 0 Å². The first kappa shape index (κ1) is 9.81. The molecule has 2 rings (SSSR count). The molecule has 0 N–H and O–H groups in total. The van der Waals surface area contributed by atoms with E-state index in [9.17, 15) is 0 Å². The smallest absolute Gasteiger partial charge is 0.0373 e. The predicted molar refractivity (Wildman–Crippen MR) is 65.9 cm³/mol. The summed E-state index contributed by atoms with van der Waals surface area (Å²) in [4.78, 5) is 0. The minimum absolute atomic E-state index is 0.605. The Hall–Kier alpha value is 0.270. The Labute approximate surface area is 99.1 Å². The molecule has 1 aliphatic rings. The van der Waals surface area contributed by atoms with Crippen molar-refractivity contribution in [3.63, 3.8) is 0 Å². The maximum Gasteiger partial charge on any atom is 0.0373 e. The summed E-state index contributed by atoms with van der Waals surface area (Å²) in [7, 11) is 0. The Bertz CT molecular complexity index is 319. The molecule has 0 nitrogen and oxygen atoms in total. The fourth-order valence-electron chi connectivity index (χ4n) is 1.36. The fourth-order valence-corrected chi connectivity index (χ4v) is 3.62. The third-order valence-corrected chi connectivity index (χ3v) is 4.00. The highest BCUT2D eigenvalue weighted by atomic mass is 79.9. The Kier molecular flexibility index (Phi) is 3.17. The van der Waals surface area contributed by atoms with E-state index in [0.717, 1.165) is 15.4 Å². The molecule has 1 aliphatic heterocycles. The van der Waals surface area contributed by atoms with Gasteiger partial charge in [-0.3, -0.25) is 0 Å². The minimum Gasteiger partial charge on any atom is -0.126 e. The van der Waals surface area contributed by atoms with Gasteiger partial charge in [-0.1, -0.05) is 37.9 Å². The van der Waals surface area contributed by atoms with Gasteiger partial charge in [0, 0.05) is 14.2 Å². The highest BCUT2D eigenvalue weighted by Crippen LogP contribution is 2.39. The maximum atomic E-state index is 3.50. The van der Waals surface area contributed by atoms with Gasteiger partial charge in [0.2, 0.25) is 0 Å². The van der Waals surface area contributed by atoms with Gasteiger partial charge >= 0.3 is 0 Å². The van der Waals surface area contributed by atoms with Crippen molar-refractivity contribution >= 4 is 43.6 Å². The first-order chi connectivity index (χ1) is 6.25. The third-order valence-electron chi connectivity index (χ3n) is 1.95. The number of hydrogen-bond donors (Lipinski definition) is 0. The summed E-state index contributed by atoms with van der Waals surface area (Å²) in [5.41, 5.74) is 1.39. The van der Waals surface area contributed by atoms with Gasteiger partial charge in [-0.05, 0) is 35.6 Å². The van der Waals surface area contributed by atoms with Crippen molar-refractivity contribution in [1.29, 1.82) is 0 Å². The first-order valence-electron chi connectivity index (χ1n) is 4.02. The van der Waals surface area contributed by atoms with Gasteiger partial charge in [0.1, 0.15) is 0 Å². The number of hydrogen-bond acceptors (Lipinski definition) is 1. The van der Waals surface area contributed by atoms with Gasteiger partial charge in [0.25, 0.3) is 0 Å². The zero-order valence-corrected chi connectivity index (χ0v) is 10.8. The lowest BCUT2D eigenvalue weighted by molar-refractivity contribution is 0.987. The van der Waals surface area contributed by atoms with E-state index in [4.69, 9.17) is 0 Å². The van der Waals surface area contributed by atoms with Crippen molar-refractivity contribution < 1.29 is 0 Å². The maximum absolute atomic E-state index is 3.50. The van der Waals surface area contributed by atoms with Crippen LogP contribution in [0, 0.1) is 0 Å². The summed E-state index contributed by atoms with van der Waals surface area (Å²) in [6, 6.07) is 6.45. The van der Waals surface area contributed by atoms with Crippen molar-refractivity contribution in [3.8, 4) is 0 Å². The van der Waals surface area contributed by atoms with Crippen molar-refractivity contribution in [1.82, 2.24) is 0 Å². The molecule has 1 aromatic carbocycles. The molecule has 0 bridgehead atoms. The molecule has 1 atom stereocenters. The van der Waals surface area contributed by atoms with E-state index >= 15 is 0 Å². The van der Waals surface area contributed by atoms with E-state index in [1.807, 2.05) is 11.8 Å². The summed E-state index contributed by atoms with van der Waals surface area (Å²) >= 11 is 8.89. The molecule has 68 valence electrons. The van der Waals surface area contributed by atoms with Gasteiger partial charge < -0.3 is 0 Å². The molecule has 1 heterocycles. The number of halogens is 2. The van der Waals surface area contributed by atoms with Crippen LogP contribution in [0.25, 0.3) is 0 Å². The lowest BCUT2D eigenvalue weighted by atomic mass is 10.1. The third kappa shape index (κ3) is 2.39. The normalized spacial score (nSPS) is 20.9. The van der Waals surface area contributed by atoms with Crippen LogP contribution in [-0.4, -0.2) is 0 Å². The van der Waals surface area contributed by atoms with E-state index in [0.29, 0.717) is 5.25 Å². The van der Waals surface area contributed by atoms with E-state index in [-0.39, 0.29) is 0 Å². The molecule has 0 saturated heterocycles. The second-order valence-electron chi connectivity index (χ2n) is 2.93. The summed E-state index contributed by atoms with van der Waals surface area (Å²) in [6.07, 6.45) is 3.37. The van der Waals surface area contributed by atoms with Crippen LogP contribution in [0.1, 0.15) is 17.2 Å². The first-order valence-corrected chi connectivity index (χ1v) is 6.55. The summed E-state index contributed by atoms with van der Waals surface area (Å²) in [5, 5.41) is 2.79. The second-order valence-corrected chi connectivity index (χ2v) is 5.88. The Morgan fingerprint density at radius 2 is 1.85 bits per heavy atom. The van der Waals surface area contributed by atoms with Gasteiger partial charge in [0.05, 0.1) is 0 Å². The molecule has 1 unspecified atom stereocenters. The zero-order chi connectivity index (χ0) is 9.26. The quantitative estimate of drug-likeness (QED) is 0.709. The summed E-state index contributed by atoms with van der Waals surface area (Å²) < 4.78 is 2.29. The van der Waals surface area contributed by atoms with Crippen LogP contribution in [0.4, 0.5) is 0 Å². The highest BCUT2D eigenvalue weighted by Gasteiger charge is 2.14. The van der Waals surface area contributed by atoms with Crippen LogP contribution in [0.2, 0.25) is 0 Å². The second kappa shape index (κ2) is 4.20. The van der Waals surface area contributed by atoms with Gasteiger partial charge in [-0.25, -0.2) is 0 Å². The van der Waals surface area contributed by atoms with E-state index in [1.165, 1.54) is 5.56 Å². The topological polar surface area (TPSA) is 0 Å². The van der Waals surface area contributed by atoms with Gasteiger partial charge in [0.15, 0.2) is 0 Å². The molecule has 0 aromatic heterocycles. The number of benzene rings is 1. The lowest BCUT2D eigenvalue weighted by Crippen LogP contribution is -1.88. The monoisotopic (exact) mass is 318 g/mol. The largest absolute Gasteiger partial charge is 0.126 e. The molecule has 0 radical (unpaired) electrons. The van der Waals surface area contributed by atoms with Crippen molar-refractivity contribution in [3.05, 3.63) is 44.2 Å². The zero-order valence-electron chi connectivity index (χ0n) is 6.84. The highest BCUT2D eigenvalue weighted by molar-refractivity contribution is 9.11. The molecule has 3 heteroatoms. The predicted octanol–water partition coefficient (Wildman–Crippen LogP) is 4.90. The molecule has 0 spiro atoms. The van der Waals surface area contributed by atoms with Gasteiger partial charge in [-0.2, -0.15) is 0 Å². The van der Waals surface area contributed by atoms with Crippen LogP contribution >= 0.6 is 43.6 Å². The van der Waals surface area contributed by atoms with E-state index in [1.54, 1.807) is 0 Å². The van der Waals surface area contributed by atoms with Crippen LogP contribution in [0.15, 0.2) is 38.6 Å². The molecular weight excluding hydrogens is 312 g/mol. The Morgan fingerprint density at radius 3 is 2.38 bits per heavy atom. The summed E-state index contributed by atoms with van der Waals surface area (Å²) in [5.74, 6) is 0. The van der Waals surface area contributed by atoms with Gasteiger partial charge in [-0.15, -0.1) is 11.8 Å². The molecule has 0 aliphatic carbocycles. The molecule has 1 aromatic rings. The number of allylic oxidation sites excluding steroid dienone is 1. The molecule has 0 fully saturated rings. The Morgan fingerprint density at radius 1 is 1.15 bits per heavy atom. The van der Waals surface area contributed by atoms with Crippen LogP contribution < -0.4 is 0 Å². The van der Waals surface area contributed by atoms with Crippen LogP contribution in [-0.2, 0) is 0 Å². The summed E-state index contributed by atoms with van der Waals surface area (Å²) in [6.45, 7) is 0. The standard InChI is InChI=1S/C10H8Br2S/c11-8-4-7(5-9(12)6-8)10-2-1-3-13-10/h1,3-6,10H,2H2. The number of rotatable bonds is 1. The van der Waals surface area contributed by atoms with Crippen molar-refractivity contribution in [2.24, 2.45) is 0 Å². The molecule has 0 saturated carbocycles. The molecular formula is C10H8Br2S. The average molecular weight is 320 g/mol.